The van der Waals surface area contributed by atoms with Gasteiger partial charge in [-0.25, -0.2) is 4.98 Å². The van der Waals surface area contributed by atoms with Gasteiger partial charge >= 0.3 is 0 Å². The second-order valence-corrected chi connectivity index (χ2v) is 4.80. The van der Waals surface area contributed by atoms with E-state index >= 15 is 0 Å². The maximum atomic E-state index is 5.21. The molecule has 3 aromatic rings. The number of benzene rings is 1. The van der Waals surface area contributed by atoms with Gasteiger partial charge in [0.15, 0.2) is 0 Å². The number of H-pyrrole nitrogens is 1. The molecule has 3 rings (SSSR count). The van der Waals surface area contributed by atoms with Crippen LogP contribution in [0.5, 0.6) is 5.75 Å². The summed E-state index contributed by atoms with van der Waals surface area (Å²) >= 11 is 3.61. The lowest BCUT2D eigenvalue weighted by atomic mass is 10.3. The molecule has 2 heterocycles. The Morgan fingerprint density at radius 1 is 1.50 bits per heavy atom. The van der Waals surface area contributed by atoms with Gasteiger partial charge in [-0.05, 0) is 35.1 Å². The molecule has 2 aromatic heterocycles. The molecule has 0 fully saturated rings. The molecular formula is C12H13BrN4O. The summed E-state index contributed by atoms with van der Waals surface area (Å²) in [5.74, 6) is 1.64. The van der Waals surface area contributed by atoms with E-state index in [2.05, 4.69) is 35.6 Å². The first-order valence-corrected chi connectivity index (χ1v) is 6.41. The number of nitrogens with zero attached hydrogens (tertiary/aromatic N) is 2. The molecule has 0 aliphatic rings. The molecule has 2 N–H and O–H groups in total. The third-order valence-corrected chi connectivity index (χ3v) is 3.76. The summed E-state index contributed by atoms with van der Waals surface area (Å²) in [7, 11) is 3.57. The number of hydrogen-bond donors (Lipinski definition) is 2. The Morgan fingerprint density at radius 2 is 2.33 bits per heavy atom. The van der Waals surface area contributed by atoms with E-state index in [4.69, 9.17) is 4.74 Å². The van der Waals surface area contributed by atoms with Crippen LogP contribution in [-0.2, 0) is 6.54 Å². The first kappa shape index (κ1) is 11.6. The van der Waals surface area contributed by atoms with Crippen LogP contribution in [0.15, 0.2) is 22.8 Å². The number of halogens is 1. The van der Waals surface area contributed by atoms with Gasteiger partial charge in [-0.1, -0.05) is 0 Å². The Bertz CT molecular complexity index is 716. The summed E-state index contributed by atoms with van der Waals surface area (Å²) in [5.41, 5.74) is 3.05. The van der Waals surface area contributed by atoms with Crippen molar-refractivity contribution in [2.75, 3.05) is 14.2 Å². The minimum Gasteiger partial charge on any atom is -0.497 e. The normalized spacial score (nSPS) is 11.5. The van der Waals surface area contributed by atoms with Crippen molar-refractivity contribution in [3.05, 3.63) is 28.5 Å². The molecule has 6 heteroatoms. The number of imidazole rings is 2. The molecule has 0 bridgehead atoms. The molecule has 0 atom stereocenters. The molecule has 0 radical (unpaired) electrons. The predicted molar refractivity (Wildman–Crippen MR) is 74.1 cm³/mol. The summed E-state index contributed by atoms with van der Waals surface area (Å²) in [6.45, 7) is 0.765. The average molecular weight is 309 g/mol. The first-order chi connectivity index (χ1) is 8.74. The molecule has 5 nitrogen and oxygen atoms in total. The highest BCUT2D eigenvalue weighted by molar-refractivity contribution is 9.10. The van der Waals surface area contributed by atoms with Crippen molar-refractivity contribution < 1.29 is 4.74 Å². The SMILES string of the molecule is CNCc1[nH]c2nc3cc(OC)ccc3n2c1Br. The smallest absolute Gasteiger partial charge is 0.213 e. The number of aromatic amines is 1. The van der Waals surface area contributed by atoms with E-state index in [1.165, 1.54) is 0 Å². The fourth-order valence-corrected chi connectivity index (χ4v) is 2.68. The Morgan fingerprint density at radius 3 is 3.06 bits per heavy atom. The molecule has 0 aliphatic carbocycles. The van der Waals surface area contributed by atoms with Gasteiger partial charge in [0, 0.05) is 12.6 Å². The quantitative estimate of drug-likeness (QED) is 0.780. The van der Waals surface area contributed by atoms with Crippen molar-refractivity contribution in [3.8, 4) is 5.75 Å². The lowest BCUT2D eigenvalue weighted by Gasteiger charge is -2.00. The molecule has 0 spiro atoms. The van der Waals surface area contributed by atoms with Crippen molar-refractivity contribution in [1.82, 2.24) is 19.7 Å². The monoisotopic (exact) mass is 308 g/mol. The topological polar surface area (TPSA) is 54.3 Å². The lowest BCUT2D eigenvalue weighted by molar-refractivity contribution is 0.415. The summed E-state index contributed by atoms with van der Waals surface area (Å²) in [6, 6.07) is 5.88. The van der Waals surface area contributed by atoms with Crippen LogP contribution in [0.2, 0.25) is 0 Å². The molecule has 0 unspecified atom stereocenters. The van der Waals surface area contributed by atoms with Crippen LogP contribution in [0.3, 0.4) is 0 Å². The number of hydrogen-bond acceptors (Lipinski definition) is 3. The van der Waals surface area contributed by atoms with Gasteiger partial charge in [0.05, 0.1) is 23.8 Å². The minimum atomic E-state index is 0.765. The number of nitrogens with one attached hydrogen (secondary N) is 2. The van der Waals surface area contributed by atoms with Crippen LogP contribution in [0.4, 0.5) is 0 Å². The van der Waals surface area contributed by atoms with Gasteiger partial charge < -0.3 is 15.0 Å². The number of methoxy groups -OCH3 is 1. The predicted octanol–water partition coefficient (Wildman–Crippen LogP) is 2.31. The van der Waals surface area contributed by atoms with E-state index in [-0.39, 0.29) is 0 Å². The van der Waals surface area contributed by atoms with E-state index in [0.717, 1.165) is 39.4 Å². The summed E-state index contributed by atoms with van der Waals surface area (Å²) in [4.78, 5) is 7.85. The van der Waals surface area contributed by atoms with Crippen LogP contribution < -0.4 is 10.1 Å². The molecule has 0 amide bonds. The number of fused-ring (bicyclic) bond motifs is 3. The van der Waals surface area contributed by atoms with E-state index in [1.54, 1.807) is 7.11 Å². The molecule has 94 valence electrons. The van der Waals surface area contributed by atoms with Crippen LogP contribution in [0.25, 0.3) is 16.8 Å². The molecule has 0 saturated heterocycles. The molecular weight excluding hydrogens is 296 g/mol. The van der Waals surface area contributed by atoms with Crippen LogP contribution in [0, 0.1) is 0 Å². The minimum absolute atomic E-state index is 0.765. The maximum absolute atomic E-state index is 5.21. The summed E-state index contributed by atoms with van der Waals surface area (Å²) in [5, 5.41) is 3.12. The molecule has 0 saturated carbocycles. The van der Waals surface area contributed by atoms with Gasteiger partial charge in [0.1, 0.15) is 10.4 Å². The van der Waals surface area contributed by atoms with Gasteiger partial charge in [-0.2, -0.15) is 0 Å². The van der Waals surface area contributed by atoms with E-state index < -0.39 is 0 Å². The average Bonchev–Trinajstić information content (AvgIpc) is 2.87. The zero-order valence-corrected chi connectivity index (χ0v) is 11.7. The van der Waals surface area contributed by atoms with Crippen molar-refractivity contribution in [2.24, 2.45) is 0 Å². The van der Waals surface area contributed by atoms with E-state index in [1.807, 2.05) is 25.2 Å². The van der Waals surface area contributed by atoms with Crippen molar-refractivity contribution in [1.29, 1.82) is 0 Å². The third-order valence-electron chi connectivity index (χ3n) is 2.92. The Hall–Kier alpha value is -1.53. The second kappa shape index (κ2) is 4.29. The molecule has 0 aliphatic heterocycles. The van der Waals surface area contributed by atoms with Gasteiger partial charge in [0.25, 0.3) is 0 Å². The van der Waals surface area contributed by atoms with Crippen LogP contribution in [-0.4, -0.2) is 28.5 Å². The second-order valence-electron chi connectivity index (χ2n) is 4.05. The molecule has 18 heavy (non-hydrogen) atoms. The Labute approximate surface area is 112 Å². The zero-order chi connectivity index (χ0) is 12.7. The summed E-state index contributed by atoms with van der Waals surface area (Å²) < 4.78 is 8.26. The number of ether oxygens (including phenoxy) is 1. The highest BCUT2D eigenvalue weighted by Crippen LogP contribution is 2.27. The number of aromatic nitrogens is 3. The fourth-order valence-electron chi connectivity index (χ4n) is 2.09. The third kappa shape index (κ3) is 1.60. The van der Waals surface area contributed by atoms with Gasteiger partial charge in [-0.15, -0.1) is 0 Å². The van der Waals surface area contributed by atoms with E-state index in [0.29, 0.717) is 0 Å². The fraction of sp³-hybridized carbons (Fsp3) is 0.250. The standard InChI is InChI=1S/C12H13BrN4O/c1-14-6-9-11(13)17-10-4-3-7(18-2)5-8(10)15-12(17)16-9/h3-5,14H,6H2,1-2H3,(H,15,16). The van der Waals surface area contributed by atoms with Crippen LogP contribution in [0.1, 0.15) is 5.69 Å². The maximum Gasteiger partial charge on any atom is 0.213 e. The van der Waals surface area contributed by atoms with E-state index in [9.17, 15) is 0 Å². The lowest BCUT2D eigenvalue weighted by Crippen LogP contribution is -2.05. The molecule has 1 aromatic carbocycles. The highest BCUT2D eigenvalue weighted by atomic mass is 79.9. The number of rotatable bonds is 3. The highest BCUT2D eigenvalue weighted by Gasteiger charge is 2.13. The van der Waals surface area contributed by atoms with Crippen molar-refractivity contribution in [2.45, 2.75) is 6.54 Å². The largest absolute Gasteiger partial charge is 0.497 e. The van der Waals surface area contributed by atoms with Gasteiger partial charge in [-0.3, -0.25) is 4.40 Å². The Kier molecular flexibility index (Phi) is 2.76. The first-order valence-electron chi connectivity index (χ1n) is 5.61. The zero-order valence-electron chi connectivity index (χ0n) is 10.1. The van der Waals surface area contributed by atoms with Crippen molar-refractivity contribution in [3.63, 3.8) is 0 Å². The van der Waals surface area contributed by atoms with Gasteiger partial charge in [0.2, 0.25) is 5.78 Å². The summed E-state index contributed by atoms with van der Waals surface area (Å²) in [6.07, 6.45) is 0. The van der Waals surface area contributed by atoms with Crippen LogP contribution >= 0.6 is 15.9 Å². The van der Waals surface area contributed by atoms with Crippen molar-refractivity contribution >= 4 is 32.7 Å². The Balaban J connectivity index is 2.27.